The molecule has 1 atom stereocenters. The van der Waals surface area contributed by atoms with E-state index in [2.05, 4.69) is 0 Å². The highest BCUT2D eigenvalue weighted by molar-refractivity contribution is 7.92. The molecule has 2 aromatic rings. The van der Waals surface area contributed by atoms with Gasteiger partial charge in [0.05, 0.1) is 22.2 Å². The zero-order chi connectivity index (χ0) is 19.7. The number of sulfonamides is 1. The predicted molar refractivity (Wildman–Crippen MR) is 89.2 cm³/mol. The molecule has 26 heavy (non-hydrogen) atoms. The Labute approximate surface area is 152 Å². The second-order valence-electron chi connectivity index (χ2n) is 5.48. The van der Waals surface area contributed by atoms with E-state index >= 15 is 0 Å². The third-order valence-corrected chi connectivity index (χ3v) is 5.61. The van der Waals surface area contributed by atoms with Gasteiger partial charge in [0.1, 0.15) is 0 Å². The van der Waals surface area contributed by atoms with E-state index < -0.39 is 45.4 Å². The van der Waals surface area contributed by atoms with Crippen LogP contribution in [0.5, 0.6) is 0 Å². The van der Waals surface area contributed by atoms with Gasteiger partial charge in [-0.25, -0.2) is 12.8 Å². The van der Waals surface area contributed by atoms with Crippen LogP contribution in [0.1, 0.15) is 5.56 Å². The fourth-order valence-electron chi connectivity index (χ4n) is 2.11. The molecule has 1 unspecified atom stereocenters. The van der Waals surface area contributed by atoms with Crippen molar-refractivity contribution in [2.75, 3.05) is 10.8 Å². The molecule has 1 N–H and O–H groups in total. The van der Waals surface area contributed by atoms with E-state index in [-0.39, 0.29) is 9.20 Å². The van der Waals surface area contributed by atoms with Crippen LogP contribution in [-0.2, 0) is 10.0 Å². The van der Waals surface area contributed by atoms with E-state index in [0.29, 0.717) is 0 Å². The lowest BCUT2D eigenvalue weighted by Crippen LogP contribution is -2.44. The molecule has 0 aliphatic carbocycles. The van der Waals surface area contributed by atoms with E-state index in [1.54, 1.807) is 6.92 Å². The van der Waals surface area contributed by atoms with Crippen LogP contribution in [-0.4, -0.2) is 32.3 Å². The van der Waals surface area contributed by atoms with Crippen LogP contribution < -0.4 is 4.31 Å². The van der Waals surface area contributed by atoms with E-state index in [9.17, 15) is 31.1 Å². The number of aliphatic hydroxyl groups is 1. The zero-order valence-electron chi connectivity index (χ0n) is 13.3. The lowest BCUT2D eigenvalue weighted by atomic mass is 10.2. The Morgan fingerprint density at radius 3 is 2.27 bits per heavy atom. The third kappa shape index (κ3) is 4.28. The Hall–Kier alpha value is -1.84. The Morgan fingerprint density at radius 1 is 1.15 bits per heavy atom. The molecule has 0 heterocycles. The van der Waals surface area contributed by atoms with Gasteiger partial charge in [0.15, 0.2) is 11.9 Å². The Balaban J connectivity index is 2.60. The van der Waals surface area contributed by atoms with Gasteiger partial charge in [-0.05, 0) is 31.2 Å². The molecule has 0 aliphatic rings. The Bertz CT molecular complexity index is 885. The van der Waals surface area contributed by atoms with Crippen LogP contribution in [0.25, 0.3) is 0 Å². The minimum absolute atomic E-state index is 0.164. The van der Waals surface area contributed by atoms with Crippen LogP contribution in [0.2, 0.25) is 5.02 Å². The summed E-state index contributed by atoms with van der Waals surface area (Å²) in [5.74, 6) is -1.21. The molecule has 0 amide bonds. The number of halogens is 5. The van der Waals surface area contributed by atoms with Gasteiger partial charge in [-0.15, -0.1) is 0 Å². The molecule has 0 saturated carbocycles. The van der Waals surface area contributed by atoms with Gasteiger partial charge < -0.3 is 5.11 Å². The number of hydrogen-bond acceptors (Lipinski definition) is 3. The fraction of sp³-hybridized carbons (Fsp3) is 0.250. The van der Waals surface area contributed by atoms with E-state index in [1.165, 1.54) is 30.3 Å². The topological polar surface area (TPSA) is 57.6 Å². The molecule has 2 aromatic carbocycles. The van der Waals surface area contributed by atoms with Gasteiger partial charge in [0.25, 0.3) is 10.0 Å². The van der Waals surface area contributed by atoms with Crippen molar-refractivity contribution in [3.63, 3.8) is 0 Å². The highest BCUT2D eigenvalue weighted by Gasteiger charge is 2.42. The maximum Gasteiger partial charge on any atom is 0.416 e. The number of aliphatic hydroxyl groups excluding tert-OH is 1. The fourth-order valence-corrected chi connectivity index (χ4v) is 3.75. The van der Waals surface area contributed by atoms with Crippen molar-refractivity contribution < 1.29 is 31.1 Å². The summed E-state index contributed by atoms with van der Waals surface area (Å²) in [6.07, 6.45) is -8.10. The largest absolute Gasteiger partial charge is 0.416 e. The summed E-state index contributed by atoms with van der Waals surface area (Å²) in [5.41, 5.74) is 0.0288. The van der Waals surface area contributed by atoms with Crippen molar-refractivity contribution in [1.82, 2.24) is 0 Å². The molecule has 0 aromatic heterocycles. The first-order valence-electron chi connectivity index (χ1n) is 7.23. The SMILES string of the molecule is Cc1ccc(S(=O)(=O)N(CC(O)C(F)(F)F)c2cccc(Cl)c2F)cc1. The summed E-state index contributed by atoms with van der Waals surface area (Å²) in [6.45, 7) is 0.273. The number of alkyl halides is 3. The molecule has 0 fully saturated rings. The normalized spacial score (nSPS) is 13.5. The first-order chi connectivity index (χ1) is 11.9. The number of hydrogen-bond donors (Lipinski definition) is 1. The monoisotopic (exact) mass is 411 g/mol. The van der Waals surface area contributed by atoms with Crippen molar-refractivity contribution in [2.45, 2.75) is 24.1 Å². The van der Waals surface area contributed by atoms with Crippen LogP contribution >= 0.6 is 11.6 Å². The molecule has 0 bridgehead atoms. The molecule has 0 saturated heterocycles. The van der Waals surface area contributed by atoms with Gasteiger partial charge in [-0.3, -0.25) is 4.31 Å². The van der Waals surface area contributed by atoms with Crippen LogP contribution in [0.15, 0.2) is 47.4 Å². The smallest absolute Gasteiger partial charge is 0.382 e. The van der Waals surface area contributed by atoms with Gasteiger partial charge in [0, 0.05) is 0 Å². The number of rotatable bonds is 5. The predicted octanol–water partition coefficient (Wildman–Crippen LogP) is 3.91. The summed E-state index contributed by atoms with van der Waals surface area (Å²) in [6, 6.07) is 8.53. The van der Waals surface area contributed by atoms with Gasteiger partial charge in [0.2, 0.25) is 0 Å². The Morgan fingerprint density at radius 2 is 1.73 bits per heavy atom. The molecular weight excluding hydrogens is 398 g/mol. The number of aryl methyl sites for hydroxylation is 1. The summed E-state index contributed by atoms with van der Waals surface area (Å²) in [7, 11) is -4.59. The molecular formula is C16H14ClF4NO3S. The van der Waals surface area contributed by atoms with Crippen molar-refractivity contribution in [1.29, 1.82) is 0 Å². The zero-order valence-corrected chi connectivity index (χ0v) is 14.9. The summed E-state index contributed by atoms with van der Waals surface area (Å²) in [5, 5.41) is 8.88. The highest BCUT2D eigenvalue weighted by atomic mass is 35.5. The van der Waals surface area contributed by atoms with E-state index in [0.717, 1.165) is 17.7 Å². The van der Waals surface area contributed by atoms with Crippen molar-refractivity contribution in [3.05, 3.63) is 58.9 Å². The highest BCUT2D eigenvalue weighted by Crippen LogP contribution is 2.32. The lowest BCUT2D eigenvalue weighted by Gasteiger charge is -2.28. The molecule has 0 aliphatic heterocycles. The quantitative estimate of drug-likeness (QED) is 0.759. The maximum absolute atomic E-state index is 14.3. The van der Waals surface area contributed by atoms with Crippen LogP contribution in [0.4, 0.5) is 23.2 Å². The van der Waals surface area contributed by atoms with E-state index in [1.807, 2.05) is 0 Å². The standard InChI is InChI=1S/C16H14ClF4NO3S/c1-10-5-7-11(8-6-10)26(24,25)22(9-14(23)16(19,20)21)13-4-2-3-12(17)15(13)18/h2-8,14,23H,9H2,1H3. The molecule has 142 valence electrons. The summed E-state index contributed by atoms with van der Waals surface area (Å²) >= 11 is 5.62. The van der Waals surface area contributed by atoms with Crippen molar-refractivity contribution in [2.24, 2.45) is 0 Å². The number of anilines is 1. The average molecular weight is 412 g/mol. The van der Waals surface area contributed by atoms with Gasteiger partial charge in [-0.1, -0.05) is 35.4 Å². The van der Waals surface area contributed by atoms with Crippen molar-refractivity contribution >= 4 is 27.3 Å². The van der Waals surface area contributed by atoms with Crippen LogP contribution in [0, 0.1) is 12.7 Å². The average Bonchev–Trinajstić information content (AvgIpc) is 2.54. The first kappa shape index (κ1) is 20.5. The maximum atomic E-state index is 14.3. The van der Waals surface area contributed by atoms with Crippen molar-refractivity contribution in [3.8, 4) is 0 Å². The van der Waals surface area contributed by atoms with Gasteiger partial charge in [-0.2, -0.15) is 13.2 Å². The third-order valence-electron chi connectivity index (χ3n) is 3.53. The molecule has 0 spiro atoms. The number of nitrogens with zero attached hydrogens (tertiary/aromatic N) is 1. The molecule has 0 radical (unpaired) electrons. The molecule has 4 nitrogen and oxygen atoms in total. The van der Waals surface area contributed by atoms with E-state index in [4.69, 9.17) is 11.6 Å². The van der Waals surface area contributed by atoms with Crippen LogP contribution in [0.3, 0.4) is 0 Å². The second kappa shape index (κ2) is 7.42. The van der Waals surface area contributed by atoms with Gasteiger partial charge >= 0.3 is 6.18 Å². The first-order valence-corrected chi connectivity index (χ1v) is 9.04. The number of benzene rings is 2. The second-order valence-corrected chi connectivity index (χ2v) is 7.75. The minimum Gasteiger partial charge on any atom is -0.382 e. The molecule has 2 rings (SSSR count). The Kier molecular flexibility index (Phi) is 5.84. The lowest BCUT2D eigenvalue weighted by molar-refractivity contribution is -0.199. The summed E-state index contributed by atoms with van der Waals surface area (Å²) < 4.78 is 78.4. The molecule has 10 heteroatoms. The minimum atomic E-state index is -5.09. The summed E-state index contributed by atoms with van der Waals surface area (Å²) in [4.78, 5) is -0.350.